The van der Waals surface area contributed by atoms with Crippen LogP contribution in [0, 0.1) is 0 Å². The Hall–Kier alpha value is -8.95. The standard InChI is InChI=1S/C24H16ClN7O5.C18H12ClN5O4/c25-15-8-7-13-18(14-15)31-20(29-36-24(31)35)19-21(30-37-28-19)32(22(33)26-16-9-3-1-4-10-16)23(34)27-17-11-5-2-6-12-17;19-11-5-4-8-13(9-11)24-17(23-27-18(24)26)16-14(21-28-22-16)10-15(25)20-12-6-2-1-3-7-12/h1-14H,(H,26,33)(H,27,34);1-9H,10H2,(H,20,25). The lowest BCUT2D eigenvalue weighted by molar-refractivity contribution is -0.115. The summed E-state index contributed by atoms with van der Waals surface area (Å²) >= 11 is 12.1. The summed E-state index contributed by atoms with van der Waals surface area (Å²) in [7, 11) is 0. The van der Waals surface area contributed by atoms with Crippen LogP contribution in [0.2, 0.25) is 10.0 Å². The molecule has 0 unspecified atom stereocenters. The number of benzene rings is 5. The summed E-state index contributed by atoms with van der Waals surface area (Å²) in [6.45, 7) is 0. The van der Waals surface area contributed by atoms with Gasteiger partial charge in [-0.25, -0.2) is 37.6 Å². The van der Waals surface area contributed by atoms with Gasteiger partial charge in [-0.05, 0) is 88.3 Å². The van der Waals surface area contributed by atoms with E-state index in [9.17, 15) is 24.0 Å². The third-order valence-corrected chi connectivity index (χ3v) is 9.32. The van der Waals surface area contributed by atoms with Gasteiger partial charge in [-0.3, -0.25) is 13.8 Å². The summed E-state index contributed by atoms with van der Waals surface area (Å²) in [6, 6.07) is 37.1. The second-order valence-corrected chi connectivity index (χ2v) is 14.1. The Labute approximate surface area is 373 Å². The Morgan fingerprint density at radius 1 is 0.523 bits per heavy atom. The van der Waals surface area contributed by atoms with Gasteiger partial charge in [0.15, 0.2) is 11.4 Å². The fourth-order valence-corrected chi connectivity index (χ4v) is 6.38. The molecule has 5 aromatic carbocycles. The number of nitrogens with zero attached hydrogens (tertiary/aromatic N) is 9. The predicted molar refractivity (Wildman–Crippen MR) is 233 cm³/mol. The largest absolute Gasteiger partial charge is 0.446 e. The van der Waals surface area contributed by atoms with Gasteiger partial charge in [0.1, 0.15) is 5.69 Å². The number of urea groups is 2. The highest BCUT2D eigenvalue weighted by Crippen LogP contribution is 2.29. The van der Waals surface area contributed by atoms with E-state index in [1.807, 2.05) is 6.07 Å². The minimum atomic E-state index is -0.878. The van der Waals surface area contributed by atoms with E-state index in [1.54, 1.807) is 127 Å². The molecule has 0 spiro atoms. The number of imide groups is 1. The van der Waals surface area contributed by atoms with Crippen molar-refractivity contribution in [1.82, 2.24) is 40.1 Å². The zero-order valence-electron chi connectivity index (χ0n) is 32.9. The van der Waals surface area contributed by atoms with Crippen LogP contribution in [0.3, 0.4) is 0 Å². The van der Waals surface area contributed by atoms with Crippen molar-refractivity contribution >= 4 is 64.1 Å². The number of aromatic nitrogens is 8. The first-order valence-electron chi connectivity index (χ1n) is 18.8. The molecule has 0 aliphatic heterocycles. The average molecular weight is 916 g/mol. The molecule has 65 heavy (non-hydrogen) atoms. The molecule has 324 valence electrons. The fraction of sp³-hybridized carbons (Fsp3) is 0.0238. The number of carbonyl (C=O) groups is 3. The zero-order valence-corrected chi connectivity index (χ0v) is 34.5. The van der Waals surface area contributed by atoms with Gasteiger partial charge in [0.05, 0.1) is 17.8 Å². The number of hydrogen-bond donors (Lipinski definition) is 3. The van der Waals surface area contributed by atoms with Crippen molar-refractivity contribution in [3.8, 4) is 34.4 Å². The SMILES string of the molecule is O=C(Cc1nonc1-c1noc(=O)n1-c1cccc(Cl)c1)Nc1ccccc1.O=C(Nc1ccccc1)N(C(=O)Nc1ccccc1)c1nonc1-c1noc(=O)n1-c1cccc(Cl)c1. The van der Waals surface area contributed by atoms with Crippen LogP contribution in [0.25, 0.3) is 34.4 Å². The van der Waals surface area contributed by atoms with Crippen molar-refractivity contribution in [1.29, 1.82) is 0 Å². The van der Waals surface area contributed by atoms with Gasteiger partial charge in [-0.1, -0.05) is 105 Å². The molecule has 0 saturated heterocycles. The number of rotatable bonds is 10. The molecule has 9 aromatic rings. The van der Waals surface area contributed by atoms with Crippen molar-refractivity contribution in [2.24, 2.45) is 0 Å². The summed E-state index contributed by atoms with van der Waals surface area (Å²) < 4.78 is 21.5. The smallest absolute Gasteiger partial charge is 0.326 e. The van der Waals surface area contributed by atoms with Crippen LogP contribution in [0.5, 0.6) is 0 Å². The molecule has 23 heteroatoms. The molecular formula is C42H28Cl2N12O9. The minimum absolute atomic E-state index is 0.0519. The summed E-state index contributed by atoms with van der Waals surface area (Å²) in [5.74, 6) is -2.39. The van der Waals surface area contributed by atoms with Crippen molar-refractivity contribution in [2.45, 2.75) is 6.42 Å². The van der Waals surface area contributed by atoms with Crippen LogP contribution in [0.4, 0.5) is 32.5 Å². The van der Waals surface area contributed by atoms with Gasteiger partial charge in [0, 0.05) is 27.1 Å². The Bertz CT molecular complexity index is 3170. The van der Waals surface area contributed by atoms with E-state index in [0.29, 0.717) is 43.4 Å². The quantitative estimate of drug-likeness (QED) is 0.120. The molecule has 4 aromatic heterocycles. The van der Waals surface area contributed by atoms with E-state index in [0.717, 1.165) is 4.57 Å². The van der Waals surface area contributed by atoms with Crippen LogP contribution in [-0.4, -0.2) is 58.0 Å². The van der Waals surface area contributed by atoms with Crippen LogP contribution >= 0.6 is 23.2 Å². The molecule has 4 heterocycles. The second kappa shape index (κ2) is 19.4. The van der Waals surface area contributed by atoms with Crippen molar-refractivity contribution < 1.29 is 32.7 Å². The predicted octanol–water partition coefficient (Wildman–Crippen LogP) is 7.51. The Morgan fingerprint density at radius 2 is 0.969 bits per heavy atom. The van der Waals surface area contributed by atoms with E-state index in [4.69, 9.17) is 41.5 Å². The molecule has 3 N–H and O–H groups in total. The van der Waals surface area contributed by atoms with Gasteiger partial charge in [0.2, 0.25) is 23.4 Å². The van der Waals surface area contributed by atoms with Gasteiger partial charge in [0.25, 0.3) is 0 Å². The fourth-order valence-electron chi connectivity index (χ4n) is 6.01. The van der Waals surface area contributed by atoms with E-state index >= 15 is 0 Å². The lowest BCUT2D eigenvalue weighted by Gasteiger charge is -2.19. The first-order chi connectivity index (χ1) is 31.6. The van der Waals surface area contributed by atoms with Crippen LogP contribution < -0.4 is 32.4 Å². The maximum atomic E-state index is 13.3. The van der Waals surface area contributed by atoms with Crippen LogP contribution in [0.1, 0.15) is 5.69 Å². The van der Waals surface area contributed by atoms with Crippen molar-refractivity contribution in [3.63, 3.8) is 0 Å². The number of para-hydroxylation sites is 3. The number of anilines is 4. The van der Waals surface area contributed by atoms with Gasteiger partial charge < -0.3 is 16.0 Å². The summed E-state index contributed by atoms with van der Waals surface area (Å²) in [4.78, 5) is 64.4. The van der Waals surface area contributed by atoms with E-state index in [2.05, 4.69) is 46.9 Å². The third-order valence-electron chi connectivity index (χ3n) is 8.85. The monoisotopic (exact) mass is 914 g/mol. The van der Waals surface area contributed by atoms with Crippen LogP contribution in [-0.2, 0) is 11.2 Å². The molecular weight excluding hydrogens is 887 g/mol. The molecule has 21 nitrogen and oxygen atoms in total. The number of hydrogen-bond acceptors (Lipinski definition) is 15. The molecule has 0 aliphatic carbocycles. The highest BCUT2D eigenvalue weighted by molar-refractivity contribution is 6.31. The molecule has 0 radical (unpaired) electrons. The van der Waals surface area contributed by atoms with E-state index in [1.165, 1.54) is 10.6 Å². The highest BCUT2D eigenvalue weighted by atomic mass is 35.5. The minimum Gasteiger partial charge on any atom is -0.326 e. The average Bonchev–Trinajstić information content (AvgIpc) is 4.12. The number of carbonyl (C=O) groups excluding carboxylic acids is 3. The summed E-state index contributed by atoms with van der Waals surface area (Å²) in [5, 5.41) is 31.4. The highest BCUT2D eigenvalue weighted by Gasteiger charge is 2.34. The maximum absolute atomic E-state index is 13.3. The number of amides is 5. The summed E-state index contributed by atoms with van der Waals surface area (Å²) in [5.41, 5.74) is 2.32. The Balaban J connectivity index is 0.000000184. The lowest BCUT2D eigenvalue weighted by Crippen LogP contribution is -2.43. The normalized spacial score (nSPS) is 10.7. The van der Waals surface area contributed by atoms with Gasteiger partial charge in [-0.2, -0.15) is 4.90 Å². The summed E-state index contributed by atoms with van der Waals surface area (Å²) in [6.07, 6.45) is -0.135. The van der Waals surface area contributed by atoms with Gasteiger partial charge >= 0.3 is 23.6 Å². The first kappa shape index (κ1) is 42.7. The van der Waals surface area contributed by atoms with E-state index < -0.39 is 23.6 Å². The second-order valence-electron chi connectivity index (χ2n) is 13.2. The number of nitrogens with one attached hydrogen (secondary N) is 3. The topological polar surface area (TPSA) is 264 Å². The molecule has 0 aliphatic rings. The Kier molecular flexibility index (Phi) is 12.8. The zero-order chi connectivity index (χ0) is 45.3. The van der Waals surface area contributed by atoms with Crippen LogP contribution in [0.15, 0.2) is 167 Å². The molecule has 0 atom stereocenters. The lowest BCUT2D eigenvalue weighted by atomic mass is 10.2. The van der Waals surface area contributed by atoms with Crippen molar-refractivity contribution in [2.75, 3.05) is 20.9 Å². The molecule has 5 amide bonds. The molecule has 0 bridgehead atoms. The van der Waals surface area contributed by atoms with Gasteiger partial charge in [-0.15, -0.1) is 0 Å². The third kappa shape index (κ3) is 9.91. The van der Waals surface area contributed by atoms with Crippen molar-refractivity contribution in [3.05, 3.63) is 176 Å². The first-order valence-corrected chi connectivity index (χ1v) is 19.6. The Morgan fingerprint density at radius 3 is 1.46 bits per heavy atom. The molecule has 0 fully saturated rings. The van der Waals surface area contributed by atoms with E-state index in [-0.39, 0.29) is 46.9 Å². The molecule has 9 rings (SSSR count). The maximum Gasteiger partial charge on any atom is 0.446 e. The molecule has 0 saturated carbocycles. The number of halogens is 2.